The van der Waals surface area contributed by atoms with Crippen LogP contribution in [0.15, 0.2) is 63.8 Å². The summed E-state index contributed by atoms with van der Waals surface area (Å²) in [4.78, 5) is 25.9. The van der Waals surface area contributed by atoms with Gasteiger partial charge in [-0.2, -0.15) is 0 Å². The molecule has 0 unspecified atom stereocenters. The third-order valence-corrected chi connectivity index (χ3v) is 4.08. The molecule has 0 aliphatic rings. The fourth-order valence-corrected chi connectivity index (χ4v) is 2.89. The summed E-state index contributed by atoms with van der Waals surface area (Å²) in [5.41, 5.74) is 1.04. The normalized spacial score (nSPS) is 10.7. The van der Waals surface area contributed by atoms with E-state index in [1.807, 2.05) is 17.0 Å². The second-order valence-electron chi connectivity index (χ2n) is 6.45. The van der Waals surface area contributed by atoms with Crippen molar-refractivity contribution in [1.29, 1.82) is 0 Å². The smallest absolute Gasteiger partial charge is 0.238 e. The molecular formula is C21H23N3O5. The summed E-state index contributed by atoms with van der Waals surface area (Å²) in [5, 5.41) is 5.54. The minimum atomic E-state index is -0.235. The molecule has 29 heavy (non-hydrogen) atoms. The first-order valence-electron chi connectivity index (χ1n) is 9.06. The van der Waals surface area contributed by atoms with Crippen LogP contribution in [-0.2, 0) is 22.7 Å². The number of hydrogen-bond acceptors (Lipinski definition) is 6. The van der Waals surface area contributed by atoms with Crippen molar-refractivity contribution >= 4 is 23.2 Å². The lowest BCUT2D eigenvalue weighted by atomic mass is 10.2. The molecule has 0 fully saturated rings. The Hall–Kier alpha value is -3.52. The number of carbonyl (C=O) groups excluding carboxylic acids is 2. The van der Waals surface area contributed by atoms with E-state index in [1.54, 1.807) is 42.9 Å². The predicted octanol–water partition coefficient (Wildman–Crippen LogP) is 3.48. The summed E-state index contributed by atoms with van der Waals surface area (Å²) in [6, 6.07) is 12.4. The van der Waals surface area contributed by atoms with Crippen LogP contribution in [0.2, 0.25) is 0 Å². The molecule has 8 heteroatoms. The minimum absolute atomic E-state index is 0.106. The highest BCUT2D eigenvalue weighted by atomic mass is 16.5. The molecule has 0 atom stereocenters. The maximum Gasteiger partial charge on any atom is 0.238 e. The van der Waals surface area contributed by atoms with Gasteiger partial charge in [0, 0.05) is 12.6 Å². The molecule has 2 aromatic heterocycles. The average Bonchev–Trinajstić information content (AvgIpc) is 3.35. The van der Waals surface area contributed by atoms with E-state index in [-0.39, 0.29) is 18.4 Å². The minimum Gasteiger partial charge on any atom is -0.495 e. The lowest BCUT2D eigenvalue weighted by molar-refractivity contribution is -0.117. The van der Waals surface area contributed by atoms with E-state index in [4.69, 9.17) is 13.6 Å². The van der Waals surface area contributed by atoms with Crippen molar-refractivity contribution in [1.82, 2.24) is 4.90 Å². The van der Waals surface area contributed by atoms with Crippen LogP contribution < -0.4 is 15.4 Å². The van der Waals surface area contributed by atoms with Gasteiger partial charge in [0.2, 0.25) is 11.8 Å². The second-order valence-corrected chi connectivity index (χ2v) is 6.45. The standard InChI is InChI=1S/C21H23N3O5/c1-15(25)22-16-7-8-20(27-2)19(11-16)23-21(26)14-24(12-17-5-3-9-28-17)13-18-6-4-10-29-18/h3-11H,12-14H2,1-2H3,(H,22,25)(H,23,26). The SMILES string of the molecule is COc1ccc(NC(C)=O)cc1NC(=O)CN(Cc1ccco1)Cc1ccco1. The number of hydrogen-bond donors (Lipinski definition) is 2. The molecule has 2 amide bonds. The largest absolute Gasteiger partial charge is 0.495 e. The number of nitrogens with one attached hydrogen (secondary N) is 2. The van der Waals surface area contributed by atoms with Crippen LogP contribution in [0, 0.1) is 0 Å². The quantitative estimate of drug-likeness (QED) is 0.574. The summed E-state index contributed by atoms with van der Waals surface area (Å²) >= 11 is 0. The molecule has 2 heterocycles. The average molecular weight is 397 g/mol. The van der Waals surface area contributed by atoms with E-state index in [9.17, 15) is 9.59 Å². The molecule has 0 radical (unpaired) electrons. The van der Waals surface area contributed by atoms with Crippen LogP contribution in [0.3, 0.4) is 0 Å². The molecule has 0 spiro atoms. The van der Waals surface area contributed by atoms with Crippen molar-refractivity contribution in [2.45, 2.75) is 20.0 Å². The van der Waals surface area contributed by atoms with Crippen molar-refractivity contribution in [3.05, 3.63) is 66.5 Å². The van der Waals surface area contributed by atoms with Crippen molar-refractivity contribution in [2.24, 2.45) is 0 Å². The Morgan fingerprint density at radius 2 is 1.66 bits per heavy atom. The van der Waals surface area contributed by atoms with Gasteiger partial charge in [0.05, 0.1) is 45.0 Å². The van der Waals surface area contributed by atoms with Gasteiger partial charge in [-0.25, -0.2) is 0 Å². The molecule has 2 N–H and O–H groups in total. The number of benzene rings is 1. The first-order chi connectivity index (χ1) is 14.0. The zero-order valence-electron chi connectivity index (χ0n) is 16.3. The second kappa shape index (κ2) is 9.61. The van der Waals surface area contributed by atoms with Crippen molar-refractivity contribution in [2.75, 3.05) is 24.3 Å². The van der Waals surface area contributed by atoms with E-state index in [0.717, 1.165) is 11.5 Å². The molecule has 3 rings (SSSR count). The van der Waals surface area contributed by atoms with Crippen LogP contribution in [0.25, 0.3) is 0 Å². The van der Waals surface area contributed by atoms with Crippen LogP contribution >= 0.6 is 0 Å². The Morgan fingerprint density at radius 3 is 2.17 bits per heavy atom. The molecule has 0 saturated heterocycles. The molecular weight excluding hydrogens is 374 g/mol. The number of ether oxygens (including phenoxy) is 1. The Kier molecular flexibility index (Phi) is 6.70. The fraction of sp³-hybridized carbons (Fsp3) is 0.238. The lowest BCUT2D eigenvalue weighted by Crippen LogP contribution is -2.32. The molecule has 8 nitrogen and oxygen atoms in total. The number of nitrogens with zero attached hydrogens (tertiary/aromatic N) is 1. The van der Waals surface area contributed by atoms with Gasteiger partial charge >= 0.3 is 0 Å². The van der Waals surface area contributed by atoms with Crippen LogP contribution in [0.1, 0.15) is 18.4 Å². The molecule has 0 bridgehead atoms. The van der Waals surface area contributed by atoms with Crippen molar-refractivity contribution in [3.8, 4) is 5.75 Å². The van der Waals surface area contributed by atoms with E-state index in [2.05, 4.69) is 10.6 Å². The van der Waals surface area contributed by atoms with Crippen LogP contribution in [-0.4, -0.2) is 30.4 Å². The highest BCUT2D eigenvalue weighted by Crippen LogP contribution is 2.28. The number of rotatable bonds is 9. The third-order valence-electron chi connectivity index (χ3n) is 4.08. The van der Waals surface area contributed by atoms with Crippen molar-refractivity contribution in [3.63, 3.8) is 0 Å². The van der Waals surface area contributed by atoms with Gasteiger partial charge in [-0.15, -0.1) is 0 Å². The van der Waals surface area contributed by atoms with Gasteiger partial charge < -0.3 is 24.2 Å². The Bertz CT molecular complexity index is 899. The number of amides is 2. The third kappa shape index (κ3) is 5.98. The van der Waals surface area contributed by atoms with Gasteiger partial charge in [-0.3, -0.25) is 14.5 Å². The molecule has 0 saturated carbocycles. The van der Waals surface area contributed by atoms with Gasteiger partial charge in [-0.1, -0.05) is 0 Å². The zero-order valence-corrected chi connectivity index (χ0v) is 16.3. The molecule has 1 aromatic carbocycles. The molecule has 3 aromatic rings. The monoisotopic (exact) mass is 397 g/mol. The Labute approximate surface area is 168 Å². The van der Waals surface area contributed by atoms with E-state index in [1.165, 1.54) is 14.0 Å². The number of methoxy groups -OCH3 is 1. The topological polar surface area (TPSA) is 97.0 Å². The fourth-order valence-electron chi connectivity index (χ4n) is 2.89. The summed E-state index contributed by atoms with van der Waals surface area (Å²) in [7, 11) is 1.52. The maximum absolute atomic E-state index is 12.7. The predicted molar refractivity (Wildman–Crippen MR) is 107 cm³/mol. The van der Waals surface area contributed by atoms with E-state index in [0.29, 0.717) is 30.2 Å². The van der Waals surface area contributed by atoms with Crippen LogP contribution in [0.5, 0.6) is 5.75 Å². The van der Waals surface area contributed by atoms with E-state index >= 15 is 0 Å². The Balaban J connectivity index is 1.71. The first-order valence-corrected chi connectivity index (χ1v) is 9.06. The highest BCUT2D eigenvalue weighted by Gasteiger charge is 2.16. The zero-order chi connectivity index (χ0) is 20.6. The number of anilines is 2. The maximum atomic E-state index is 12.7. The summed E-state index contributed by atoms with van der Waals surface area (Å²) in [6.45, 7) is 2.42. The molecule has 0 aliphatic carbocycles. The van der Waals surface area contributed by atoms with Crippen molar-refractivity contribution < 1.29 is 23.2 Å². The van der Waals surface area contributed by atoms with Crippen LogP contribution in [0.4, 0.5) is 11.4 Å². The molecule has 0 aliphatic heterocycles. The first kappa shape index (κ1) is 20.2. The van der Waals surface area contributed by atoms with E-state index < -0.39 is 0 Å². The number of furan rings is 2. The molecule has 152 valence electrons. The Morgan fingerprint density at radius 1 is 1.00 bits per heavy atom. The summed E-state index contributed by atoms with van der Waals surface area (Å²) in [5.74, 6) is 1.55. The van der Waals surface area contributed by atoms with Gasteiger partial charge in [0.15, 0.2) is 0 Å². The highest BCUT2D eigenvalue weighted by molar-refractivity contribution is 5.95. The summed E-state index contributed by atoms with van der Waals surface area (Å²) < 4.78 is 16.1. The lowest BCUT2D eigenvalue weighted by Gasteiger charge is -2.20. The number of carbonyl (C=O) groups is 2. The van der Waals surface area contributed by atoms with Gasteiger partial charge in [-0.05, 0) is 42.5 Å². The van der Waals surface area contributed by atoms with Gasteiger partial charge in [0.1, 0.15) is 17.3 Å². The summed E-state index contributed by atoms with van der Waals surface area (Å²) in [6.07, 6.45) is 3.19. The van der Waals surface area contributed by atoms with Gasteiger partial charge in [0.25, 0.3) is 0 Å².